The largest absolute Gasteiger partial charge is 0.446 e. The zero-order valence-electron chi connectivity index (χ0n) is 12.9. The molecule has 0 aliphatic carbocycles. The van der Waals surface area contributed by atoms with Gasteiger partial charge in [0, 0.05) is 43.4 Å². The molecule has 0 fully saturated rings. The van der Waals surface area contributed by atoms with Gasteiger partial charge in [-0.15, -0.1) is 0 Å². The van der Waals surface area contributed by atoms with Gasteiger partial charge in [0.2, 0.25) is 5.09 Å². The monoisotopic (exact) mass is 337 g/mol. The number of hydrogen-bond donors (Lipinski definition) is 1. The number of fused-ring (bicyclic) bond motifs is 1. The van der Waals surface area contributed by atoms with Crippen molar-refractivity contribution in [1.82, 2.24) is 14.9 Å². The maximum atomic E-state index is 11.0. The van der Waals surface area contributed by atoms with Crippen LogP contribution in [0.25, 0.3) is 0 Å². The van der Waals surface area contributed by atoms with Gasteiger partial charge in [0.25, 0.3) is 0 Å². The van der Waals surface area contributed by atoms with E-state index in [2.05, 4.69) is 21.8 Å². The smallest absolute Gasteiger partial charge is 0.328 e. The molecule has 0 radical (unpaired) electrons. The van der Waals surface area contributed by atoms with Gasteiger partial charge in [0.05, 0.1) is 6.54 Å². The first-order chi connectivity index (χ1) is 11.0. The second-order valence-corrected chi connectivity index (χ2v) is 7.02. The van der Waals surface area contributed by atoms with E-state index in [1.807, 2.05) is 6.20 Å². The van der Waals surface area contributed by atoms with Crippen LogP contribution in [0, 0.1) is 0 Å². The third-order valence-corrected chi connectivity index (χ3v) is 4.54. The van der Waals surface area contributed by atoms with Crippen LogP contribution in [-0.2, 0) is 36.0 Å². The van der Waals surface area contributed by atoms with Crippen LogP contribution in [-0.4, -0.2) is 34.4 Å². The molecule has 1 aliphatic rings. The van der Waals surface area contributed by atoms with Crippen LogP contribution in [0.15, 0.2) is 27.8 Å². The Balaban J connectivity index is 1.69. The van der Waals surface area contributed by atoms with Gasteiger partial charge in [-0.25, -0.2) is 9.97 Å². The van der Waals surface area contributed by atoms with E-state index in [9.17, 15) is 8.42 Å². The molecular weight excluding hydrogens is 318 g/mol. The quantitative estimate of drug-likeness (QED) is 0.831. The number of rotatable bonds is 5. The minimum absolute atomic E-state index is 0.419. The van der Waals surface area contributed by atoms with Gasteiger partial charge in [0.1, 0.15) is 11.6 Å². The third kappa shape index (κ3) is 3.77. The van der Waals surface area contributed by atoms with Crippen LogP contribution < -0.4 is 0 Å². The Bertz CT molecular complexity index is 801. The van der Waals surface area contributed by atoms with Crippen molar-refractivity contribution in [3.8, 4) is 0 Å². The van der Waals surface area contributed by atoms with E-state index >= 15 is 0 Å². The summed E-state index contributed by atoms with van der Waals surface area (Å²) in [4.78, 5) is 11.1. The molecule has 1 N–H and O–H groups in total. The summed E-state index contributed by atoms with van der Waals surface area (Å²) < 4.78 is 36.2. The van der Waals surface area contributed by atoms with Crippen LogP contribution in [0.4, 0.5) is 0 Å². The lowest BCUT2D eigenvalue weighted by molar-refractivity contribution is 0.216. The Hall–Kier alpha value is -1.77. The predicted molar refractivity (Wildman–Crippen MR) is 82.4 cm³/mol. The Labute approximate surface area is 135 Å². The third-order valence-electron chi connectivity index (χ3n) is 3.81. The van der Waals surface area contributed by atoms with Gasteiger partial charge in [-0.3, -0.25) is 9.45 Å². The molecule has 0 saturated carbocycles. The highest BCUT2D eigenvalue weighted by atomic mass is 32.2. The second kappa shape index (κ2) is 6.38. The molecule has 2 aromatic heterocycles. The van der Waals surface area contributed by atoms with Crippen LogP contribution in [0.5, 0.6) is 0 Å². The van der Waals surface area contributed by atoms with Crippen LogP contribution in [0.3, 0.4) is 0 Å². The van der Waals surface area contributed by atoms with E-state index in [0.29, 0.717) is 18.8 Å². The van der Waals surface area contributed by atoms with Crippen LogP contribution in [0.1, 0.15) is 36.2 Å². The average Bonchev–Trinajstić information content (AvgIpc) is 2.96. The average molecular weight is 337 g/mol. The molecule has 2 aromatic rings. The molecule has 8 heteroatoms. The standard InChI is InChI=1S/C15H19N3O4S/c1-2-3-14-16-8-11-9-18(7-6-13(11)17-14)10-12-4-5-15(22-12)23(19,20)21/h4-5,8H,2-3,6-7,9-10H2,1H3,(H,19,20,21). The zero-order valence-corrected chi connectivity index (χ0v) is 13.7. The van der Waals surface area contributed by atoms with Crippen molar-refractivity contribution in [2.24, 2.45) is 0 Å². The zero-order chi connectivity index (χ0) is 16.4. The number of hydrogen-bond acceptors (Lipinski definition) is 6. The summed E-state index contributed by atoms with van der Waals surface area (Å²) in [6.07, 6.45) is 4.63. The van der Waals surface area contributed by atoms with Gasteiger partial charge < -0.3 is 4.42 Å². The van der Waals surface area contributed by atoms with Gasteiger partial charge in [-0.2, -0.15) is 8.42 Å². The molecular formula is C15H19N3O4S. The highest BCUT2D eigenvalue weighted by molar-refractivity contribution is 7.85. The van der Waals surface area contributed by atoms with Crippen LogP contribution >= 0.6 is 0 Å². The van der Waals surface area contributed by atoms with Crippen molar-refractivity contribution in [3.63, 3.8) is 0 Å². The van der Waals surface area contributed by atoms with E-state index in [-0.39, 0.29) is 0 Å². The topological polar surface area (TPSA) is 96.5 Å². The molecule has 23 heavy (non-hydrogen) atoms. The van der Waals surface area contributed by atoms with Crippen molar-refractivity contribution < 1.29 is 17.4 Å². The molecule has 0 saturated heterocycles. The molecule has 0 aromatic carbocycles. The van der Waals surface area contributed by atoms with Gasteiger partial charge in [-0.1, -0.05) is 6.92 Å². The maximum Gasteiger partial charge on any atom is 0.328 e. The molecule has 0 bridgehead atoms. The minimum atomic E-state index is -4.29. The van der Waals surface area contributed by atoms with Crippen molar-refractivity contribution >= 4 is 10.1 Å². The first kappa shape index (κ1) is 16.1. The molecule has 0 spiro atoms. The lowest BCUT2D eigenvalue weighted by Gasteiger charge is -2.27. The first-order valence-corrected chi connectivity index (χ1v) is 9.02. The number of aromatic nitrogens is 2. The fourth-order valence-corrected chi connectivity index (χ4v) is 3.15. The molecule has 124 valence electrons. The van der Waals surface area contributed by atoms with E-state index in [1.165, 1.54) is 6.07 Å². The summed E-state index contributed by atoms with van der Waals surface area (Å²) in [6.45, 7) is 4.10. The van der Waals surface area contributed by atoms with Crippen molar-refractivity contribution in [2.75, 3.05) is 6.54 Å². The Kier molecular flexibility index (Phi) is 4.47. The van der Waals surface area contributed by atoms with Crippen molar-refractivity contribution in [2.45, 2.75) is 44.4 Å². The predicted octanol–water partition coefficient (Wildman–Crippen LogP) is 1.83. The molecule has 0 unspecified atom stereocenters. The van der Waals surface area contributed by atoms with Gasteiger partial charge >= 0.3 is 10.1 Å². The second-order valence-electron chi connectivity index (χ2n) is 5.66. The lowest BCUT2D eigenvalue weighted by atomic mass is 10.1. The Morgan fingerprint density at radius 3 is 2.91 bits per heavy atom. The minimum Gasteiger partial charge on any atom is -0.446 e. The van der Waals surface area contributed by atoms with Gasteiger partial charge in [0.15, 0.2) is 0 Å². The molecule has 3 rings (SSSR count). The fraction of sp³-hybridized carbons (Fsp3) is 0.467. The van der Waals surface area contributed by atoms with E-state index < -0.39 is 15.2 Å². The molecule has 1 aliphatic heterocycles. The van der Waals surface area contributed by atoms with Crippen molar-refractivity contribution in [1.29, 1.82) is 0 Å². The Morgan fingerprint density at radius 1 is 1.39 bits per heavy atom. The summed E-state index contributed by atoms with van der Waals surface area (Å²) in [6, 6.07) is 2.84. The number of nitrogens with zero attached hydrogens (tertiary/aromatic N) is 3. The highest BCUT2D eigenvalue weighted by Gasteiger charge is 2.21. The Morgan fingerprint density at radius 2 is 2.22 bits per heavy atom. The van der Waals surface area contributed by atoms with Gasteiger partial charge in [-0.05, 0) is 18.6 Å². The van der Waals surface area contributed by atoms with Crippen molar-refractivity contribution in [3.05, 3.63) is 41.2 Å². The normalized spacial score (nSPS) is 15.6. The summed E-state index contributed by atoms with van der Waals surface area (Å²) in [7, 11) is -4.29. The van der Waals surface area contributed by atoms with Crippen LogP contribution in [0.2, 0.25) is 0 Å². The number of furan rings is 1. The summed E-state index contributed by atoms with van der Waals surface area (Å²) in [5.74, 6) is 1.40. The number of aryl methyl sites for hydroxylation is 1. The van der Waals surface area contributed by atoms with E-state index in [0.717, 1.165) is 42.9 Å². The summed E-state index contributed by atoms with van der Waals surface area (Å²) >= 11 is 0. The molecule has 0 amide bonds. The maximum absolute atomic E-state index is 11.0. The van der Waals surface area contributed by atoms with E-state index in [4.69, 9.17) is 8.97 Å². The lowest BCUT2D eigenvalue weighted by Crippen LogP contribution is -2.31. The fourth-order valence-electron chi connectivity index (χ4n) is 2.70. The molecule has 0 atom stereocenters. The first-order valence-electron chi connectivity index (χ1n) is 7.58. The SMILES string of the molecule is CCCc1ncc2c(n1)CCN(Cc1ccc(S(=O)(=O)O)o1)C2. The summed E-state index contributed by atoms with van der Waals surface area (Å²) in [5, 5.41) is -0.419. The molecule has 7 nitrogen and oxygen atoms in total. The van der Waals surface area contributed by atoms with E-state index in [1.54, 1.807) is 6.07 Å². The summed E-state index contributed by atoms with van der Waals surface area (Å²) in [5.41, 5.74) is 2.19. The molecule has 3 heterocycles. The highest BCUT2D eigenvalue weighted by Crippen LogP contribution is 2.21.